The van der Waals surface area contributed by atoms with E-state index in [0.717, 1.165) is 6.54 Å². The first-order valence-corrected chi connectivity index (χ1v) is 5.46. The number of aryl methyl sites for hydroxylation is 1. The molecule has 80 valence electrons. The van der Waals surface area contributed by atoms with E-state index in [2.05, 4.69) is 45.7 Å². The van der Waals surface area contributed by atoms with Gasteiger partial charge in [-0.25, -0.2) is 4.98 Å². The third kappa shape index (κ3) is 1.33. The third-order valence-corrected chi connectivity index (χ3v) is 2.90. The molecule has 16 heavy (non-hydrogen) atoms. The van der Waals surface area contributed by atoms with Gasteiger partial charge in [0, 0.05) is 29.2 Å². The number of aromatic nitrogens is 3. The molecule has 0 atom stereocenters. The molecular formula is C13H13N3. The molecule has 0 spiro atoms. The fraction of sp³-hybridized carbons (Fsp3) is 0.154. The number of imidazole rings is 1. The second kappa shape index (κ2) is 3.52. The lowest BCUT2D eigenvalue weighted by atomic mass is 10.1. The van der Waals surface area contributed by atoms with Crippen LogP contribution in [0, 0.1) is 0 Å². The van der Waals surface area contributed by atoms with Gasteiger partial charge in [0.2, 0.25) is 0 Å². The van der Waals surface area contributed by atoms with Gasteiger partial charge >= 0.3 is 0 Å². The summed E-state index contributed by atoms with van der Waals surface area (Å²) in [5.41, 5.74) is 3.56. The van der Waals surface area contributed by atoms with E-state index in [0.29, 0.717) is 0 Å². The molecule has 0 saturated heterocycles. The minimum atomic E-state index is 0.945. The van der Waals surface area contributed by atoms with Crippen molar-refractivity contribution in [2.45, 2.75) is 13.5 Å². The molecule has 3 aromatic rings. The Bertz CT molecular complexity index is 619. The maximum atomic E-state index is 4.19. The molecule has 3 heteroatoms. The zero-order valence-corrected chi connectivity index (χ0v) is 9.14. The summed E-state index contributed by atoms with van der Waals surface area (Å²) in [5.74, 6) is 0. The maximum Gasteiger partial charge on any atom is 0.0950 e. The monoisotopic (exact) mass is 211 g/mol. The Labute approximate surface area is 93.7 Å². The van der Waals surface area contributed by atoms with Crippen molar-refractivity contribution in [1.82, 2.24) is 14.5 Å². The van der Waals surface area contributed by atoms with Crippen LogP contribution in [0.2, 0.25) is 0 Å². The standard InChI is InChI=1S/C13H13N3/c1-2-16-9-14-8-13(16)11-3-4-12-10(7-11)5-6-15-12/h3-9,15H,2H2,1H3. The molecule has 0 saturated carbocycles. The molecule has 0 fully saturated rings. The summed E-state index contributed by atoms with van der Waals surface area (Å²) in [7, 11) is 0. The van der Waals surface area contributed by atoms with Gasteiger partial charge in [-0.1, -0.05) is 6.07 Å². The summed E-state index contributed by atoms with van der Waals surface area (Å²) in [4.78, 5) is 7.39. The lowest BCUT2D eigenvalue weighted by Crippen LogP contribution is -1.94. The second-order valence-electron chi connectivity index (χ2n) is 3.84. The minimum Gasteiger partial charge on any atom is -0.361 e. The zero-order chi connectivity index (χ0) is 11.0. The fourth-order valence-electron chi connectivity index (χ4n) is 2.03. The van der Waals surface area contributed by atoms with E-state index in [-0.39, 0.29) is 0 Å². The number of aromatic amines is 1. The number of fused-ring (bicyclic) bond motifs is 1. The molecule has 0 aliphatic carbocycles. The van der Waals surface area contributed by atoms with E-state index < -0.39 is 0 Å². The van der Waals surface area contributed by atoms with Crippen molar-refractivity contribution < 1.29 is 0 Å². The molecular weight excluding hydrogens is 198 g/mol. The van der Waals surface area contributed by atoms with E-state index in [1.807, 2.05) is 18.7 Å². The highest BCUT2D eigenvalue weighted by Crippen LogP contribution is 2.23. The van der Waals surface area contributed by atoms with Gasteiger partial charge in [0.25, 0.3) is 0 Å². The van der Waals surface area contributed by atoms with E-state index in [9.17, 15) is 0 Å². The molecule has 0 radical (unpaired) electrons. The Hall–Kier alpha value is -2.03. The number of hydrogen-bond acceptors (Lipinski definition) is 1. The van der Waals surface area contributed by atoms with E-state index in [1.165, 1.54) is 22.2 Å². The van der Waals surface area contributed by atoms with Gasteiger partial charge in [-0.15, -0.1) is 0 Å². The van der Waals surface area contributed by atoms with Crippen LogP contribution < -0.4 is 0 Å². The Morgan fingerprint density at radius 3 is 3.12 bits per heavy atom. The van der Waals surface area contributed by atoms with Gasteiger partial charge in [-0.05, 0) is 25.1 Å². The average Bonchev–Trinajstić information content (AvgIpc) is 2.96. The Kier molecular flexibility index (Phi) is 2.03. The highest BCUT2D eigenvalue weighted by atomic mass is 15.0. The van der Waals surface area contributed by atoms with Crippen LogP contribution in [0.4, 0.5) is 0 Å². The number of benzene rings is 1. The Morgan fingerprint density at radius 2 is 2.25 bits per heavy atom. The minimum absolute atomic E-state index is 0.945. The van der Waals surface area contributed by atoms with Crippen molar-refractivity contribution in [3.63, 3.8) is 0 Å². The largest absolute Gasteiger partial charge is 0.361 e. The maximum absolute atomic E-state index is 4.19. The normalized spacial score (nSPS) is 11.1. The predicted molar refractivity (Wildman–Crippen MR) is 65.2 cm³/mol. The number of rotatable bonds is 2. The number of nitrogens with zero attached hydrogens (tertiary/aromatic N) is 2. The third-order valence-electron chi connectivity index (χ3n) is 2.90. The quantitative estimate of drug-likeness (QED) is 0.694. The highest BCUT2D eigenvalue weighted by Gasteiger charge is 2.04. The molecule has 0 bridgehead atoms. The number of hydrogen-bond donors (Lipinski definition) is 1. The summed E-state index contributed by atoms with van der Waals surface area (Å²) in [5, 5.41) is 1.24. The molecule has 3 rings (SSSR count). The van der Waals surface area contributed by atoms with Crippen molar-refractivity contribution in [3.8, 4) is 11.3 Å². The van der Waals surface area contributed by atoms with Crippen LogP contribution in [-0.4, -0.2) is 14.5 Å². The van der Waals surface area contributed by atoms with Crippen LogP contribution >= 0.6 is 0 Å². The molecule has 0 unspecified atom stereocenters. The van der Waals surface area contributed by atoms with Crippen LogP contribution in [0.5, 0.6) is 0 Å². The lowest BCUT2D eigenvalue weighted by Gasteiger charge is -2.05. The summed E-state index contributed by atoms with van der Waals surface area (Å²) < 4.78 is 2.15. The number of H-pyrrole nitrogens is 1. The molecule has 2 aromatic heterocycles. The summed E-state index contributed by atoms with van der Waals surface area (Å²) in [6, 6.07) is 8.51. The SMILES string of the molecule is CCn1cncc1-c1ccc2[nH]ccc2c1. The van der Waals surface area contributed by atoms with Crippen LogP contribution in [-0.2, 0) is 6.54 Å². The number of nitrogens with one attached hydrogen (secondary N) is 1. The lowest BCUT2D eigenvalue weighted by molar-refractivity contribution is 0.769. The smallest absolute Gasteiger partial charge is 0.0950 e. The average molecular weight is 211 g/mol. The molecule has 1 aromatic carbocycles. The molecule has 0 aliphatic rings. The van der Waals surface area contributed by atoms with Crippen LogP contribution in [0.15, 0.2) is 43.0 Å². The second-order valence-corrected chi connectivity index (χ2v) is 3.84. The molecule has 2 heterocycles. The van der Waals surface area contributed by atoms with Gasteiger partial charge in [0.05, 0.1) is 18.2 Å². The summed E-state index contributed by atoms with van der Waals surface area (Å²) >= 11 is 0. The van der Waals surface area contributed by atoms with Crippen LogP contribution in [0.25, 0.3) is 22.2 Å². The molecule has 1 N–H and O–H groups in total. The summed E-state index contributed by atoms with van der Waals surface area (Å²) in [6.07, 6.45) is 5.75. The van der Waals surface area contributed by atoms with E-state index in [1.54, 1.807) is 0 Å². The predicted octanol–water partition coefficient (Wildman–Crippen LogP) is 3.05. The highest BCUT2D eigenvalue weighted by molar-refractivity contribution is 5.84. The molecule has 0 amide bonds. The van der Waals surface area contributed by atoms with Gasteiger partial charge < -0.3 is 9.55 Å². The fourth-order valence-corrected chi connectivity index (χ4v) is 2.03. The summed E-state index contributed by atoms with van der Waals surface area (Å²) in [6.45, 7) is 3.07. The van der Waals surface area contributed by atoms with Crippen LogP contribution in [0.1, 0.15) is 6.92 Å². The van der Waals surface area contributed by atoms with Gasteiger partial charge in [0.1, 0.15) is 0 Å². The first-order chi connectivity index (χ1) is 7.88. The first kappa shape index (κ1) is 9.21. The van der Waals surface area contributed by atoms with Crippen molar-refractivity contribution in [3.05, 3.63) is 43.0 Å². The van der Waals surface area contributed by atoms with Gasteiger partial charge in [0.15, 0.2) is 0 Å². The van der Waals surface area contributed by atoms with Crippen LogP contribution in [0.3, 0.4) is 0 Å². The van der Waals surface area contributed by atoms with Crippen molar-refractivity contribution in [2.24, 2.45) is 0 Å². The van der Waals surface area contributed by atoms with Gasteiger partial charge in [-0.2, -0.15) is 0 Å². The van der Waals surface area contributed by atoms with Crippen molar-refractivity contribution in [1.29, 1.82) is 0 Å². The molecule has 0 aliphatic heterocycles. The van der Waals surface area contributed by atoms with Crippen molar-refractivity contribution in [2.75, 3.05) is 0 Å². The van der Waals surface area contributed by atoms with E-state index in [4.69, 9.17) is 0 Å². The Morgan fingerprint density at radius 1 is 1.31 bits per heavy atom. The topological polar surface area (TPSA) is 33.6 Å². The zero-order valence-electron chi connectivity index (χ0n) is 9.14. The molecule has 3 nitrogen and oxygen atoms in total. The van der Waals surface area contributed by atoms with Crippen molar-refractivity contribution >= 4 is 10.9 Å². The first-order valence-electron chi connectivity index (χ1n) is 5.46. The van der Waals surface area contributed by atoms with Gasteiger partial charge in [-0.3, -0.25) is 0 Å². The van der Waals surface area contributed by atoms with E-state index >= 15 is 0 Å². The Balaban J connectivity index is 2.18.